The van der Waals surface area contributed by atoms with Gasteiger partial charge in [-0.05, 0) is 263 Å². The van der Waals surface area contributed by atoms with Gasteiger partial charge in [0, 0.05) is 90.4 Å². The Kier molecular flexibility index (Phi) is 26.2. The number of rotatable bonds is 26. The summed E-state index contributed by atoms with van der Waals surface area (Å²) in [6.45, 7) is 1.28. The van der Waals surface area contributed by atoms with Crippen molar-refractivity contribution < 1.29 is 75.8 Å². The number of nitriles is 1. The van der Waals surface area contributed by atoms with E-state index in [2.05, 4.69) is 93.0 Å². The molecule has 8 heterocycles. The molecule has 8 N–H and O–H groups in total. The Morgan fingerprint density at radius 2 is 0.820 bits per heavy atom. The van der Waals surface area contributed by atoms with E-state index in [1.807, 2.05) is 77.9 Å². The van der Waals surface area contributed by atoms with Gasteiger partial charge < -0.3 is 35.5 Å². The molecule has 8 amide bonds. The molecule has 0 unspecified atom stereocenters. The van der Waals surface area contributed by atoms with Crippen molar-refractivity contribution in [2.24, 2.45) is 5.92 Å². The summed E-state index contributed by atoms with van der Waals surface area (Å²) in [5, 5.41) is 39.4. The molecule has 8 aliphatic rings. The lowest BCUT2D eigenvalue weighted by Crippen LogP contribution is -2.35. The maximum absolute atomic E-state index is 12.9. The molecule has 0 bridgehead atoms. The molecule has 4 saturated carbocycles. The lowest BCUT2D eigenvalue weighted by atomic mass is 9.97. The highest BCUT2D eigenvalue weighted by Crippen LogP contribution is 2.45. The second-order valence-electron chi connectivity index (χ2n) is 33.4. The highest BCUT2D eigenvalue weighted by Gasteiger charge is 2.35. The van der Waals surface area contributed by atoms with Crippen molar-refractivity contribution >= 4 is 87.0 Å². The molecule has 20 rings (SSSR count). The molecule has 37 nitrogen and oxygen atoms in total. The Morgan fingerprint density at radius 1 is 0.444 bits per heavy atom. The van der Waals surface area contributed by atoms with Gasteiger partial charge in [0.1, 0.15) is 17.9 Å². The number of fused-ring (bicyclic) bond motifs is 4. The van der Waals surface area contributed by atoms with E-state index in [4.69, 9.17) is 9.47 Å². The third-order valence-corrected chi connectivity index (χ3v) is 28.2. The minimum Gasteiger partial charge on any atom is -0.481 e. The van der Waals surface area contributed by atoms with Gasteiger partial charge in [0.05, 0.1) is 54.2 Å². The number of methoxy groups -OCH3 is 1. The SMILES string of the molecule is CC(C)n1ncc(S(=O)(=O)NC(=O)Nc2c(-c3ccnc(C#N)c3)ccc3c2CCC3)n1.COc1cc(-c2ccc3c(c2NC(=O)NS(=O)(=O)c2ccn(CC4CC4)n2)CCC3)ccn1.O=C(Nc1c(-c2ccnc(OC(F)F)c2)ccc2c1CCC2)NS(=O)(=O)c1ccn(C2CC2)n1.O=C(Nc1c(-c2ccnc(OC3CC3)c2)ccc2c1CCC2)NS(=O)(=O)c1ccn(C2CC2)n1. The molecular formula is C90H92F2N22O15S4. The smallest absolute Gasteiger partial charge is 0.388 e. The fourth-order valence-corrected chi connectivity index (χ4v) is 19.6. The van der Waals surface area contributed by atoms with E-state index in [1.54, 1.807) is 75.4 Å². The summed E-state index contributed by atoms with van der Waals surface area (Å²) >= 11 is 0. The lowest BCUT2D eigenvalue weighted by molar-refractivity contribution is -0.0528. The Balaban J connectivity index is 0.000000124. The number of urea groups is 4. The lowest BCUT2D eigenvalue weighted by Gasteiger charge is -2.17. The maximum atomic E-state index is 12.9. The number of halogens is 2. The maximum Gasteiger partial charge on any atom is 0.388 e. The van der Waals surface area contributed by atoms with Crippen LogP contribution in [0.4, 0.5) is 50.7 Å². The number of sulfonamides is 4. The largest absolute Gasteiger partial charge is 0.481 e. The van der Waals surface area contributed by atoms with Crippen molar-refractivity contribution in [3.63, 3.8) is 0 Å². The third kappa shape index (κ3) is 21.7. The normalized spacial score (nSPS) is 15.2. The molecule has 0 aliphatic heterocycles. The van der Waals surface area contributed by atoms with Gasteiger partial charge in [0.15, 0.2) is 15.1 Å². The fourth-order valence-electron chi connectivity index (χ4n) is 16.3. The molecule has 4 fully saturated rings. The van der Waals surface area contributed by atoms with Crippen LogP contribution in [-0.2, 0) is 98.0 Å². The van der Waals surface area contributed by atoms with Crippen molar-refractivity contribution in [1.29, 1.82) is 5.26 Å². The quantitative estimate of drug-likeness (QED) is 0.0250. The summed E-state index contributed by atoms with van der Waals surface area (Å²) in [4.78, 5) is 68.7. The zero-order chi connectivity index (χ0) is 93.0. The number of carbonyl (C=O) groups excluding carboxylic acids is 4. The summed E-state index contributed by atoms with van der Waals surface area (Å²) in [6.07, 6.45) is 30.9. The van der Waals surface area contributed by atoms with Crippen molar-refractivity contribution in [2.75, 3.05) is 28.4 Å². The molecule has 43 heteroatoms. The first-order chi connectivity index (χ1) is 64.0. The monoisotopic (exact) mass is 1890 g/mol. The third-order valence-electron chi connectivity index (χ3n) is 23.4. The number of benzene rings is 4. The minimum absolute atomic E-state index is 0.124. The number of anilines is 4. The second-order valence-corrected chi connectivity index (χ2v) is 39.9. The van der Waals surface area contributed by atoms with E-state index in [1.165, 1.54) is 48.6 Å². The summed E-state index contributed by atoms with van der Waals surface area (Å²) in [5.74, 6) is 1.29. The molecular weight excluding hydrogens is 1800 g/mol. The number of amides is 8. The molecule has 0 atom stereocenters. The topological polar surface area (TPSA) is 488 Å². The van der Waals surface area contributed by atoms with Crippen LogP contribution in [0, 0.1) is 17.2 Å². The molecule has 0 spiro atoms. The van der Waals surface area contributed by atoms with Crippen molar-refractivity contribution in [3.05, 3.63) is 215 Å². The van der Waals surface area contributed by atoms with Gasteiger partial charge >= 0.3 is 30.7 Å². The van der Waals surface area contributed by atoms with Crippen molar-refractivity contribution in [2.45, 2.75) is 200 Å². The molecule has 8 aromatic heterocycles. The van der Waals surface area contributed by atoms with Crippen LogP contribution in [0.1, 0.15) is 159 Å². The van der Waals surface area contributed by atoms with E-state index in [0.717, 1.165) is 195 Å². The Morgan fingerprint density at radius 3 is 1.20 bits per heavy atom. The molecule has 8 aliphatic carbocycles. The average molecular weight is 1890 g/mol. The number of nitrogens with one attached hydrogen (secondary N) is 8. The Bertz CT molecular complexity index is 6850. The van der Waals surface area contributed by atoms with Crippen molar-refractivity contribution in [1.82, 2.24) is 83.2 Å². The van der Waals surface area contributed by atoms with Crippen LogP contribution in [-0.4, -0.2) is 142 Å². The number of aryl methyl sites for hydroxylation is 4. The predicted octanol–water partition coefficient (Wildman–Crippen LogP) is 13.9. The van der Waals surface area contributed by atoms with Crippen LogP contribution in [0.3, 0.4) is 0 Å². The van der Waals surface area contributed by atoms with Crippen LogP contribution < -0.4 is 54.4 Å². The van der Waals surface area contributed by atoms with Gasteiger partial charge in [0.25, 0.3) is 40.1 Å². The Hall–Kier alpha value is -14.1. The second kappa shape index (κ2) is 38.4. The highest BCUT2D eigenvalue weighted by atomic mass is 32.2. The number of hydrogen-bond donors (Lipinski definition) is 8. The fraction of sp³-hybridized carbons (Fsp3) is 0.333. The summed E-state index contributed by atoms with van der Waals surface area (Å²) < 4.78 is 155. The minimum atomic E-state index is -4.20. The Labute approximate surface area is 763 Å². The number of nitrogens with zero attached hydrogens (tertiary/aromatic N) is 14. The number of hydrogen-bond acceptors (Lipinski definition) is 25. The van der Waals surface area contributed by atoms with Gasteiger partial charge in [-0.25, -0.2) is 58.0 Å². The predicted molar refractivity (Wildman–Crippen MR) is 482 cm³/mol. The van der Waals surface area contributed by atoms with Gasteiger partial charge in [-0.1, -0.05) is 48.5 Å². The molecule has 690 valence electrons. The van der Waals surface area contributed by atoms with Gasteiger partial charge in [-0.3, -0.25) is 14.0 Å². The molecule has 133 heavy (non-hydrogen) atoms. The summed E-state index contributed by atoms with van der Waals surface area (Å²) in [6, 6.07) is 32.2. The number of alkyl halides is 2. The number of ether oxygens (including phenoxy) is 3. The first kappa shape index (κ1) is 90.8. The first-order valence-corrected chi connectivity index (χ1v) is 49.3. The highest BCUT2D eigenvalue weighted by molar-refractivity contribution is 7.90. The zero-order valence-electron chi connectivity index (χ0n) is 72.2. The van der Waals surface area contributed by atoms with Crippen LogP contribution in [0.5, 0.6) is 17.6 Å². The first-order valence-electron chi connectivity index (χ1n) is 43.4. The van der Waals surface area contributed by atoms with Crippen molar-refractivity contribution in [3.8, 4) is 68.2 Å². The van der Waals surface area contributed by atoms with E-state index in [9.17, 15) is 66.9 Å². The van der Waals surface area contributed by atoms with Crippen LogP contribution in [0.25, 0.3) is 44.5 Å². The van der Waals surface area contributed by atoms with Crippen LogP contribution >= 0.6 is 0 Å². The zero-order valence-corrected chi connectivity index (χ0v) is 75.4. The van der Waals surface area contributed by atoms with Gasteiger partial charge in [0.2, 0.25) is 22.7 Å². The van der Waals surface area contributed by atoms with Gasteiger partial charge in [-0.15, -0.1) is 5.10 Å². The summed E-state index contributed by atoms with van der Waals surface area (Å²) in [5.41, 5.74) is 16.4. The van der Waals surface area contributed by atoms with Gasteiger partial charge in [-0.2, -0.15) is 72.9 Å². The molecule has 0 radical (unpaired) electrons. The van der Waals surface area contributed by atoms with E-state index < -0.39 is 70.8 Å². The number of aromatic nitrogens is 13. The van der Waals surface area contributed by atoms with Crippen LogP contribution in [0.15, 0.2) is 185 Å². The van der Waals surface area contributed by atoms with E-state index >= 15 is 0 Å². The average Bonchev–Trinajstić information content (AvgIpc) is 1.80. The standard InChI is InChI=1S/C24H25N5O4S.C23H25N5O4S.C22H21F2N5O4S.C21H21N7O3S/c30-24(28-34(31,32)22-11-13-29(27-22)17-5-6-17)26-23-19-3-1-2-15(19)4-9-20(23)16-10-12-25-21(14-16)33-18-7-8-18;1-32-20-13-17(9-11-24-20)19-8-7-16-3-2-4-18(16)22(19)25-23(29)27-33(30,31)21-10-12-28(26-21)14-15-5-6-15;23-21(24)33-18-12-14(8-10-25-18)17-7-4-13-2-1-3-16(13)20(17)26-22(30)28-34(31,32)19-9-11-29(27-19)15-5-6-15;1-13(2)28-24-12-19(26-28)32(30,31)27-21(29)25-20-17-5-3-4-14(17)6-7-18(20)15-8-9-23-16(10-15)11-22/h4,9-14,17-18H,1-3,5-8H2,(H2,26,28,30);7-13,15H,2-6,14H2,1H3,(H2,25,27,29);4,7-12,15,21H,1-3,5-6H2,(H2,26,28,30);6-10,12-13H,3-5H2,1-2H3,(H2,25,27,29). The van der Waals surface area contributed by atoms with E-state index in [0.29, 0.717) is 75.6 Å². The molecule has 12 aromatic rings. The molecule has 0 saturated heterocycles. The van der Waals surface area contributed by atoms with Crippen LogP contribution in [0.2, 0.25) is 0 Å². The number of pyridine rings is 4. The molecule has 4 aromatic carbocycles. The summed E-state index contributed by atoms with van der Waals surface area (Å²) in [7, 11) is -15.0. The van der Waals surface area contributed by atoms with E-state index in [-0.39, 0.29) is 55.9 Å². The number of carbonyl (C=O) groups is 4.